The SMILES string of the molecule is CCCCCS(=O)(=O)C(C)CNC. The molecule has 0 aromatic heterocycles. The highest BCUT2D eigenvalue weighted by atomic mass is 32.2. The molecule has 1 N–H and O–H groups in total. The molecule has 1 atom stereocenters. The maximum atomic E-state index is 11.6. The topological polar surface area (TPSA) is 46.2 Å². The maximum Gasteiger partial charge on any atom is 0.154 e. The second-order valence-corrected chi connectivity index (χ2v) is 5.98. The van der Waals surface area contributed by atoms with Gasteiger partial charge in [-0.1, -0.05) is 19.8 Å². The molecular formula is C9H21NO2S. The van der Waals surface area contributed by atoms with Crippen molar-refractivity contribution in [3.8, 4) is 0 Å². The lowest BCUT2D eigenvalue weighted by molar-refractivity contribution is 0.573. The van der Waals surface area contributed by atoms with Crippen LogP contribution in [-0.4, -0.2) is 33.0 Å². The van der Waals surface area contributed by atoms with E-state index in [0.717, 1.165) is 19.3 Å². The van der Waals surface area contributed by atoms with Gasteiger partial charge in [-0.15, -0.1) is 0 Å². The molecule has 4 heteroatoms. The van der Waals surface area contributed by atoms with Gasteiger partial charge in [0.15, 0.2) is 9.84 Å². The molecule has 1 unspecified atom stereocenters. The molecule has 0 saturated heterocycles. The summed E-state index contributed by atoms with van der Waals surface area (Å²) in [6.45, 7) is 4.38. The van der Waals surface area contributed by atoms with E-state index in [0.29, 0.717) is 12.3 Å². The molecule has 0 saturated carbocycles. The molecule has 0 rings (SSSR count). The van der Waals surface area contributed by atoms with Crippen LogP contribution in [0.15, 0.2) is 0 Å². The quantitative estimate of drug-likeness (QED) is 0.638. The Hall–Kier alpha value is -0.0900. The van der Waals surface area contributed by atoms with E-state index in [1.807, 2.05) is 0 Å². The Bertz CT molecular complexity index is 212. The van der Waals surface area contributed by atoms with Crippen LogP contribution >= 0.6 is 0 Å². The van der Waals surface area contributed by atoms with Crippen LogP contribution in [-0.2, 0) is 9.84 Å². The van der Waals surface area contributed by atoms with E-state index >= 15 is 0 Å². The molecule has 13 heavy (non-hydrogen) atoms. The van der Waals surface area contributed by atoms with Crippen molar-refractivity contribution >= 4 is 9.84 Å². The zero-order valence-electron chi connectivity index (χ0n) is 8.84. The number of hydrogen-bond acceptors (Lipinski definition) is 3. The Morgan fingerprint density at radius 2 is 1.92 bits per heavy atom. The van der Waals surface area contributed by atoms with Crippen LogP contribution in [0.2, 0.25) is 0 Å². The first kappa shape index (κ1) is 12.9. The Morgan fingerprint density at radius 1 is 1.31 bits per heavy atom. The summed E-state index contributed by atoms with van der Waals surface area (Å²) in [6, 6.07) is 0. The molecule has 0 aromatic carbocycles. The number of unbranched alkanes of at least 4 members (excludes halogenated alkanes) is 2. The van der Waals surface area contributed by atoms with E-state index in [2.05, 4.69) is 12.2 Å². The third-order valence-corrected chi connectivity index (χ3v) is 4.39. The number of hydrogen-bond donors (Lipinski definition) is 1. The van der Waals surface area contributed by atoms with Gasteiger partial charge in [-0.05, 0) is 20.4 Å². The zero-order chi connectivity index (χ0) is 10.3. The van der Waals surface area contributed by atoms with Crippen molar-refractivity contribution in [1.82, 2.24) is 5.32 Å². The third-order valence-electron chi connectivity index (χ3n) is 2.14. The van der Waals surface area contributed by atoms with Crippen molar-refractivity contribution in [2.24, 2.45) is 0 Å². The first-order chi connectivity index (χ1) is 6.04. The van der Waals surface area contributed by atoms with Crippen molar-refractivity contribution in [1.29, 1.82) is 0 Å². The van der Waals surface area contributed by atoms with Crippen LogP contribution < -0.4 is 5.32 Å². The minimum atomic E-state index is -2.86. The van der Waals surface area contributed by atoms with E-state index in [1.165, 1.54) is 0 Å². The smallest absolute Gasteiger partial charge is 0.154 e. The van der Waals surface area contributed by atoms with Crippen molar-refractivity contribution in [2.45, 2.75) is 38.4 Å². The Morgan fingerprint density at radius 3 is 2.38 bits per heavy atom. The van der Waals surface area contributed by atoms with Crippen LogP contribution in [0.25, 0.3) is 0 Å². The molecule has 0 aromatic rings. The highest BCUT2D eigenvalue weighted by Gasteiger charge is 2.18. The van der Waals surface area contributed by atoms with Gasteiger partial charge in [0, 0.05) is 6.54 Å². The Labute approximate surface area is 81.8 Å². The summed E-state index contributed by atoms with van der Waals surface area (Å²) in [5.41, 5.74) is 0. The zero-order valence-corrected chi connectivity index (χ0v) is 9.65. The summed E-state index contributed by atoms with van der Waals surface area (Å²) in [5, 5.41) is 2.63. The number of nitrogens with one attached hydrogen (secondary N) is 1. The predicted octanol–water partition coefficient (Wildman–Crippen LogP) is 1.20. The van der Waals surface area contributed by atoms with Gasteiger partial charge >= 0.3 is 0 Å². The Kier molecular flexibility index (Phi) is 6.33. The number of rotatable bonds is 7. The van der Waals surface area contributed by atoms with Crippen LogP contribution in [0, 0.1) is 0 Å². The fourth-order valence-corrected chi connectivity index (χ4v) is 2.60. The average molecular weight is 207 g/mol. The van der Waals surface area contributed by atoms with E-state index in [9.17, 15) is 8.42 Å². The fraction of sp³-hybridized carbons (Fsp3) is 1.00. The molecule has 0 aliphatic carbocycles. The molecule has 0 amide bonds. The average Bonchev–Trinajstić information content (AvgIpc) is 2.05. The van der Waals surface area contributed by atoms with Gasteiger partial charge in [-0.25, -0.2) is 8.42 Å². The highest BCUT2D eigenvalue weighted by Crippen LogP contribution is 2.05. The molecule has 0 bridgehead atoms. The predicted molar refractivity (Wildman–Crippen MR) is 56.7 cm³/mol. The summed E-state index contributed by atoms with van der Waals surface area (Å²) in [5.74, 6) is 0.337. The summed E-state index contributed by atoms with van der Waals surface area (Å²) in [4.78, 5) is 0. The maximum absolute atomic E-state index is 11.6. The third kappa shape index (κ3) is 5.26. The number of sulfone groups is 1. The second kappa shape index (κ2) is 6.38. The lowest BCUT2D eigenvalue weighted by Gasteiger charge is -2.11. The molecule has 0 aliphatic heterocycles. The van der Waals surface area contributed by atoms with Gasteiger partial charge in [0.05, 0.1) is 11.0 Å². The fourth-order valence-electron chi connectivity index (χ4n) is 1.17. The van der Waals surface area contributed by atoms with Gasteiger partial charge in [0.1, 0.15) is 0 Å². The minimum Gasteiger partial charge on any atom is -0.318 e. The van der Waals surface area contributed by atoms with Crippen molar-refractivity contribution < 1.29 is 8.42 Å². The highest BCUT2D eigenvalue weighted by molar-refractivity contribution is 7.92. The minimum absolute atomic E-state index is 0.255. The van der Waals surface area contributed by atoms with Gasteiger partial charge in [-0.2, -0.15) is 0 Å². The normalized spacial score (nSPS) is 14.4. The summed E-state index contributed by atoms with van der Waals surface area (Å²) < 4.78 is 23.1. The van der Waals surface area contributed by atoms with Crippen molar-refractivity contribution in [3.05, 3.63) is 0 Å². The molecule has 3 nitrogen and oxygen atoms in total. The molecular weight excluding hydrogens is 186 g/mol. The first-order valence-corrected chi connectivity index (χ1v) is 6.62. The van der Waals surface area contributed by atoms with Gasteiger partial charge in [-0.3, -0.25) is 0 Å². The van der Waals surface area contributed by atoms with Gasteiger partial charge in [0.25, 0.3) is 0 Å². The van der Waals surface area contributed by atoms with Crippen LogP contribution in [0.4, 0.5) is 0 Å². The van der Waals surface area contributed by atoms with Crippen LogP contribution in [0.5, 0.6) is 0 Å². The summed E-state index contributed by atoms with van der Waals surface area (Å²) in [6.07, 6.45) is 2.87. The van der Waals surface area contributed by atoms with E-state index in [-0.39, 0.29) is 5.25 Å². The van der Waals surface area contributed by atoms with E-state index in [1.54, 1.807) is 14.0 Å². The van der Waals surface area contributed by atoms with E-state index < -0.39 is 9.84 Å². The molecule has 0 heterocycles. The monoisotopic (exact) mass is 207 g/mol. The molecule has 0 aliphatic rings. The standard InChI is InChI=1S/C9H21NO2S/c1-4-5-6-7-13(11,12)9(2)8-10-3/h9-10H,4-8H2,1-3H3. The molecule has 0 radical (unpaired) electrons. The molecule has 80 valence electrons. The van der Waals surface area contributed by atoms with Crippen LogP contribution in [0.1, 0.15) is 33.1 Å². The van der Waals surface area contributed by atoms with Crippen LogP contribution in [0.3, 0.4) is 0 Å². The largest absolute Gasteiger partial charge is 0.318 e. The summed E-state index contributed by atoms with van der Waals surface area (Å²) >= 11 is 0. The van der Waals surface area contributed by atoms with Gasteiger partial charge < -0.3 is 5.32 Å². The van der Waals surface area contributed by atoms with Crippen molar-refractivity contribution in [3.63, 3.8) is 0 Å². The Balaban J connectivity index is 3.92. The lowest BCUT2D eigenvalue weighted by atomic mass is 10.3. The van der Waals surface area contributed by atoms with Gasteiger partial charge in [0.2, 0.25) is 0 Å². The second-order valence-electron chi connectivity index (χ2n) is 3.44. The first-order valence-electron chi connectivity index (χ1n) is 4.90. The molecule has 0 spiro atoms. The van der Waals surface area contributed by atoms with Crippen molar-refractivity contribution in [2.75, 3.05) is 19.3 Å². The lowest BCUT2D eigenvalue weighted by Crippen LogP contribution is -2.30. The summed E-state index contributed by atoms with van der Waals surface area (Å²) in [7, 11) is -1.08. The van der Waals surface area contributed by atoms with E-state index in [4.69, 9.17) is 0 Å². The molecule has 0 fully saturated rings.